The van der Waals surface area contributed by atoms with Gasteiger partial charge in [0.2, 0.25) is 5.91 Å². The maximum atomic E-state index is 13.0. The Morgan fingerprint density at radius 3 is 2.77 bits per heavy atom. The molecule has 0 N–H and O–H groups in total. The molecule has 4 rings (SSSR count). The summed E-state index contributed by atoms with van der Waals surface area (Å²) in [5.41, 5.74) is 0.927. The zero-order valence-electron chi connectivity index (χ0n) is 15.8. The van der Waals surface area contributed by atoms with E-state index >= 15 is 0 Å². The quantitative estimate of drug-likeness (QED) is 0.598. The van der Waals surface area contributed by atoms with E-state index < -0.39 is 11.7 Å². The SMILES string of the molecule is O=C(CCc1cc(Cl)no1)N1CCCn2nc(-c3cccc(C(F)(F)F)c3)cc2C1. The molecule has 1 aliphatic rings. The van der Waals surface area contributed by atoms with Crippen molar-refractivity contribution in [3.8, 4) is 11.3 Å². The van der Waals surface area contributed by atoms with Crippen LogP contribution in [0.2, 0.25) is 5.15 Å². The van der Waals surface area contributed by atoms with Gasteiger partial charge in [0.05, 0.1) is 23.5 Å². The largest absolute Gasteiger partial charge is 0.416 e. The Balaban J connectivity index is 1.48. The third kappa shape index (κ3) is 4.51. The van der Waals surface area contributed by atoms with Crippen LogP contribution < -0.4 is 0 Å². The maximum Gasteiger partial charge on any atom is 0.416 e. The predicted octanol–water partition coefficient (Wildman–Crippen LogP) is 4.58. The lowest BCUT2D eigenvalue weighted by Crippen LogP contribution is -2.30. The summed E-state index contributed by atoms with van der Waals surface area (Å²) >= 11 is 5.72. The van der Waals surface area contributed by atoms with Crippen molar-refractivity contribution in [1.29, 1.82) is 0 Å². The molecule has 0 fully saturated rings. The van der Waals surface area contributed by atoms with Crippen LogP contribution in [0.1, 0.15) is 29.9 Å². The molecule has 158 valence electrons. The first-order chi connectivity index (χ1) is 14.3. The molecule has 0 bridgehead atoms. The summed E-state index contributed by atoms with van der Waals surface area (Å²) in [4.78, 5) is 14.4. The molecule has 1 aliphatic heterocycles. The fraction of sp³-hybridized carbons (Fsp3) is 0.350. The minimum Gasteiger partial charge on any atom is -0.360 e. The molecule has 6 nitrogen and oxygen atoms in total. The summed E-state index contributed by atoms with van der Waals surface area (Å²) in [6.45, 7) is 1.52. The highest BCUT2D eigenvalue weighted by Gasteiger charge is 2.31. The normalized spacial score (nSPS) is 14.5. The summed E-state index contributed by atoms with van der Waals surface area (Å²) in [5.74, 6) is 0.498. The lowest BCUT2D eigenvalue weighted by Gasteiger charge is -2.19. The van der Waals surface area contributed by atoms with E-state index in [1.54, 1.807) is 27.8 Å². The monoisotopic (exact) mass is 438 g/mol. The second-order valence-corrected chi connectivity index (χ2v) is 7.49. The molecule has 1 amide bonds. The van der Waals surface area contributed by atoms with Crippen molar-refractivity contribution in [2.24, 2.45) is 0 Å². The van der Waals surface area contributed by atoms with E-state index in [1.807, 2.05) is 0 Å². The van der Waals surface area contributed by atoms with Crippen LogP contribution in [0.5, 0.6) is 0 Å². The Hall–Kier alpha value is -2.81. The van der Waals surface area contributed by atoms with Crippen molar-refractivity contribution < 1.29 is 22.5 Å². The zero-order valence-corrected chi connectivity index (χ0v) is 16.6. The number of carbonyl (C=O) groups excluding carboxylic acids is 1. The van der Waals surface area contributed by atoms with E-state index in [1.165, 1.54) is 6.07 Å². The Labute approximate surface area is 175 Å². The summed E-state index contributed by atoms with van der Waals surface area (Å²) in [6, 6.07) is 8.42. The number of amides is 1. The van der Waals surface area contributed by atoms with Gasteiger partial charge in [0.1, 0.15) is 5.76 Å². The molecule has 0 spiro atoms. The number of halogens is 4. The molecule has 10 heteroatoms. The first-order valence-corrected chi connectivity index (χ1v) is 9.80. The summed E-state index contributed by atoms with van der Waals surface area (Å²) in [6.07, 6.45) is -3.07. The summed E-state index contributed by atoms with van der Waals surface area (Å²) < 4.78 is 45.8. The highest BCUT2D eigenvalue weighted by molar-refractivity contribution is 6.29. The summed E-state index contributed by atoms with van der Waals surface area (Å²) in [7, 11) is 0. The first kappa shape index (κ1) is 20.5. The van der Waals surface area contributed by atoms with E-state index in [4.69, 9.17) is 16.1 Å². The number of alkyl halides is 3. The van der Waals surface area contributed by atoms with Crippen LogP contribution in [-0.2, 0) is 30.5 Å². The van der Waals surface area contributed by atoms with Crippen molar-refractivity contribution in [3.63, 3.8) is 0 Å². The van der Waals surface area contributed by atoms with Gasteiger partial charge in [-0.3, -0.25) is 9.48 Å². The van der Waals surface area contributed by atoms with Crippen molar-refractivity contribution >= 4 is 17.5 Å². The number of hydrogen-bond donors (Lipinski definition) is 0. The van der Waals surface area contributed by atoms with Crippen LogP contribution in [0.15, 0.2) is 40.9 Å². The Bertz CT molecular complexity index is 1060. The average molecular weight is 439 g/mol. The van der Waals surface area contributed by atoms with E-state index in [2.05, 4.69) is 10.3 Å². The standard InChI is InChI=1S/C20H18ClF3N4O2/c21-18-11-16(30-26-18)5-6-19(29)27-7-2-8-28-15(12-27)10-17(25-28)13-3-1-4-14(9-13)20(22,23)24/h1,3-4,9-11H,2,5-8,12H2. The van der Waals surface area contributed by atoms with Crippen molar-refractivity contribution in [1.82, 2.24) is 19.8 Å². The first-order valence-electron chi connectivity index (χ1n) is 9.43. The highest BCUT2D eigenvalue weighted by Crippen LogP contribution is 2.32. The minimum atomic E-state index is -4.41. The lowest BCUT2D eigenvalue weighted by molar-refractivity contribution is -0.137. The van der Waals surface area contributed by atoms with E-state index in [0.29, 0.717) is 49.5 Å². The van der Waals surface area contributed by atoms with Crippen LogP contribution in [-0.4, -0.2) is 32.3 Å². The third-order valence-corrected chi connectivity index (χ3v) is 5.15. The van der Waals surface area contributed by atoms with Gasteiger partial charge in [-0.2, -0.15) is 18.3 Å². The molecule has 3 heterocycles. The molecular formula is C20H18ClF3N4O2. The second kappa shape index (κ2) is 8.14. The molecule has 0 atom stereocenters. The average Bonchev–Trinajstić information content (AvgIpc) is 3.25. The van der Waals surface area contributed by atoms with Crippen molar-refractivity contribution in [3.05, 3.63) is 58.6 Å². The molecule has 0 saturated heterocycles. The van der Waals surface area contributed by atoms with Crippen molar-refractivity contribution in [2.75, 3.05) is 6.54 Å². The molecule has 3 aromatic rings. The number of benzene rings is 1. The molecule has 0 aliphatic carbocycles. The smallest absolute Gasteiger partial charge is 0.360 e. The fourth-order valence-corrected chi connectivity index (χ4v) is 3.62. The number of hydrogen-bond acceptors (Lipinski definition) is 4. The van der Waals surface area contributed by atoms with Gasteiger partial charge in [0.25, 0.3) is 0 Å². The maximum absolute atomic E-state index is 13.0. The third-order valence-electron chi connectivity index (χ3n) is 4.97. The van der Waals surface area contributed by atoms with E-state index in [-0.39, 0.29) is 17.5 Å². The molecule has 1 aromatic carbocycles. The minimum absolute atomic E-state index is 0.0437. The Morgan fingerprint density at radius 2 is 2.03 bits per heavy atom. The molecular weight excluding hydrogens is 421 g/mol. The predicted molar refractivity (Wildman–Crippen MR) is 103 cm³/mol. The molecule has 0 saturated carbocycles. The van der Waals surface area contributed by atoms with E-state index in [0.717, 1.165) is 17.8 Å². The van der Waals surface area contributed by atoms with Gasteiger partial charge >= 0.3 is 6.18 Å². The van der Waals surface area contributed by atoms with Gasteiger partial charge in [-0.25, -0.2) is 0 Å². The zero-order chi connectivity index (χ0) is 21.3. The molecule has 0 unspecified atom stereocenters. The second-order valence-electron chi connectivity index (χ2n) is 7.11. The number of aromatic nitrogens is 3. The lowest BCUT2D eigenvalue weighted by atomic mass is 10.1. The van der Waals surface area contributed by atoms with Gasteiger partial charge in [-0.15, -0.1) is 0 Å². The van der Waals surface area contributed by atoms with Crippen LogP contribution in [0.25, 0.3) is 11.3 Å². The topological polar surface area (TPSA) is 64.2 Å². The number of aryl methyl sites for hydroxylation is 2. The van der Waals surface area contributed by atoms with Crippen LogP contribution in [0, 0.1) is 0 Å². The van der Waals surface area contributed by atoms with Gasteiger partial charge < -0.3 is 9.42 Å². The fourth-order valence-electron chi connectivity index (χ4n) is 3.46. The van der Waals surface area contributed by atoms with Gasteiger partial charge in [0, 0.05) is 37.6 Å². The van der Waals surface area contributed by atoms with Crippen molar-refractivity contribution in [2.45, 2.75) is 38.5 Å². The molecule has 2 aromatic heterocycles. The summed E-state index contributed by atoms with van der Waals surface area (Å²) in [5, 5.41) is 8.30. The van der Waals surface area contributed by atoms with Gasteiger partial charge in [-0.05, 0) is 24.6 Å². The molecule has 0 radical (unpaired) electrons. The highest BCUT2D eigenvalue weighted by atomic mass is 35.5. The Kier molecular flexibility index (Phi) is 5.55. The number of rotatable bonds is 4. The Morgan fingerprint density at radius 1 is 1.20 bits per heavy atom. The van der Waals surface area contributed by atoms with Gasteiger partial charge in [0.15, 0.2) is 5.15 Å². The van der Waals surface area contributed by atoms with Gasteiger partial charge in [-0.1, -0.05) is 28.9 Å². The van der Waals surface area contributed by atoms with E-state index in [9.17, 15) is 18.0 Å². The number of fused-ring (bicyclic) bond motifs is 1. The van der Waals surface area contributed by atoms with Crippen LogP contribution in [0.4, 0.5) is 13.2 Å². The van der Waals surface area contributed by atoms with Crippen LogP contribution >= 0.6 is 11.6 Å². The molecule has 30 heavy (non-hydrogen) atoms. The van der Waals surface area contributed by atoms with Crippen LogP contribution in [0.3, 0.4) is 0 Å². The number of nitrogens with zero attached hydrogens (tertiary/aromatic N) is 4. The number of carbonyl (C=O) groups is 1.